The molecule has 8 heavy (non-hydrogen) atoms. The third-order valence-corrected chi connectivity index (χ3v) is 2.60. The van der Waals surface area contributed by atoms with Crippen LogP contribution in [-0.4, -0.2) is 21.5 Å². The second-order valence-corrected chi connectivity index (χ2v) is 5.63. The van der Waals surface area contributed by atoms with Crippen molar-refractivity contribution in [2.45, 2.75) is 6.55 Å². The fourth-order valence-electron chi connectivity index (χ4n) is 0.134. The van der Waals surface area contributed by atoms with Crippen LogP contribution in [-0.2, 0) is 13.6 Å². The van der Waals surface area contributed by atoms with Crippen LogP contribution in [0, 0.1) is 0 Å². The molecule has 0 aromatic rings. The smallest absolute Gasteiger partial charge is 0.485 e. The Labute approximate surface area is 53.5 Å². The van der Waals surface area contributed by atoms with Crippen LogP contribution in [0.1, 0.15) is 0 Å². The van der Waals surface area contributed by atoms with E-state index in [4.69, 9.17) is 11.1 Å². The summed E-state index contributed by atoms with van der Waals surface area (Å²) in [6.45, 7) is 1.85. The van der Waals surface area contributed by atoms with Crippen LogP contribution < -0.4 is 0 Å². The van der Waals surface area contributed by atoms with Crippen LogP contribution in [0.2, 0.25) is 6.55 Å². The Morgan fingerprint density at radius 2 is 2.25 bits per heavy atom. The molecule has 0 saturated carbocycles. The Kier molecular flexibility index (Phi) is 3.04. The summed E-state index contributed by atoms with van der Waals surface area (Å²) in [5.74, 6) is 0. The van der Waals surface area contributed by atoms with E-state index in [-0.39, 0.29) is 0 Å². The minimum absolute atomic E-state index is 0.294. The van der Waals surface area contributed by atoms with Crippen LogP contribution in [0.25, 0.3) is 0 Å². The molecular weight excluding hydrogens is 148 g/mol. The Morgan fingerprint density at radius 3 is 2.38 bits per heavy atom. The first-order valence-electron chi connectivity index (χ1n) is 1.98. The third kappa shape index (κ3) is 3.01. The lowest BCUT2D eigenvalue weighted by Crippen LogP contribution is -2.29. The second-order valence-electron chi connectivity index (χ2n) is 1.25. The molecule has 0 fully saturated rings. The average Bonchev–Trinajstić information content (AvgIpc) is 1.67. The maximum absolute atomic E-state index is 9.63. The lowest BCUT2D eigenvalue weighted by atomic mass is 11.7. The first kappa shape index (κ1) is 7.94. The highest BCUT2D eigenvalue weighted by molar-refractivity contribution is 7.12. The van der Waals surface area contributed by atoms with E-state index in [1.165, 1.54) is 7.11 Å². The van der Waals surface area contributed by atoms with E-state index in [2.05, 4.69) is 8.85 Å². The van der Waals surface area contributed by atoms with E-state index in [1.807, 2.05) is 0 Å². The standard InChI is InChI=1S/C3H7ClO3Si/c1-6-8(2,4)7-3-5/h3H,1-2H3. The van der Waals surface area contributed by atoms with Crippen LogP contribution in [0.5, 0.6) is 0 Å². The van der Waals surface area contributed by atoms with Gasteiger partial charge in [0.25, 0.3) is 6.47 Å². The van der Waals surface area contributed by atoms with Crippen LogP contribution in [0.4, 0.5) is 0 Å². The summed E-state index contributed by atoms with van der Waals surface area (Å²) >= 11 is 5.48. The van der Waals surface area contributed by atoms with E-state index in [0.29, 0.717) is 6.47 Å². The summed E-state index contributed by atoms with van der Waals surface area (Å²) in [7, 11) is -1.17. The number of hydrogen-bond donors (Lipinski definition) is 0. The Morgan fingerprint density at radius 1 is 1.75 bits per heavy atom. The van der Waals surface area contributed by atoms with E-state index >= 15 is 0 Å². The van der Waals surface area contributed by atoms with Gasteiger partial charge in [0.15, 0.2) is 0 Å². The molecule has 5 heteroatoms. The molecule has 48 valence electrons. The van der Waals surface area contributed by atoms with Crippen molar-refractivity contribution < 1.29 is 13.6 Å². The van der Waals surface area contributed by atoms with Gasteiger partial charge in [0.2, 0.25) is 0 Å². The number of halogens is 1. The lowest BCUT2D eigenvalue weighted by Gasteiger charge is -2.11. The van der Waals surface area contributed by atoms with Gasteiger partial charge in [-0.2, -0.15) is 0 Å². The lowest BCUT2D eigenvalue weighted by molar-refractivity contribution is -0.122. The summed E-state index contributed by atoms with van der Waals surface area (Å²) in [5.41, 5.74) is 0. The zero-order chi connectivity index (χ0) is 6.62. The summed E-state index contributed by atoms with van der Waals surface area (Å²) in [6.07, 6.45) is 0. The molecule has 0 saturated heterocycles. The molecule has 0 aromatic carbocycles. The summed E-state index contributed by atoms with van der Waals surface area (Å²) in [4.78, 5) is 9.63. The molecule has 0 heterocycles. The zero-order valence-electron chi connectivity index (χ0n) is 4.68. The first-order chi connectivity index (χ1) is 3.62. The highest BCUT2D eigenvalue weighted by Crippen LogP contribution is 2.07. The Balaban J connectivity index is 3.53. The van der Waals surface area contributed by atoms with Gasteiger partial charge >= 0.3 is 7.87 Å². The molecule has 0 radical (unpaired) electrons. The molecule has 3 nitrogen and oxygen atoms in total. The van der Waals surface area contributed by atoms with Crippen LogP contribution in [0.3, 0.4) is 0 Å². The molecule has 1 unspecified atom stereocenters. The van der Waals surface area contributed by atoms with Crippen molar-refractivity contribution in [3.05, 3.63) is 0 Å². The van der Waals surface area contributed by atoms with E-state index in [1.54, 1.807) is 6.55 Å². The third-order valence-electron chi connectivity index (χ3n) is 0.623. The quantitative estimate of drug-likeness (QED) is 0.340. The molecule has 0 bridgehead atoms. The normalized spacial score (nSPS) is 16.9. The number of hydrogen-bond acceptors (Lipinski definition) is 3. The molecule has 0 rings (SSSR count). The minimum Gasteiger partial charge on any atom is -0.485 e. The molecule has 0 aliphatic rings. The van der Waals surface area contributed by atoms with Crippen LogP contribution in [0.15, 0.2) is 0 Å². The molecule has 0 spiro atoms. The maximum atomic E-state index is 9.63. The van der Waals surface area contributed by atoms with Crippen molar-refractivity contribution in [1.29, 1.82) is 0 Å². The van der Waals surface area contributed by atoms with Crippen molar-refractivity contribution in [3.63, 3.8) is 0 Å². The first-order valence-corrected chi connectivity index (χ1v) is 5.31. The molecule has 1 atom stereocenters. The largest absolute Gasteiger partial charge is 0.503 e. The maximum Gasteiger partial charge on any atom is 0.503 e. The van der Waals surface area contributed by atoms with Gasteiger partial charge in [0.1, 0.15) is 0 Å². The van der Waals surface area contributed by atoms with Gasteiger partial charge in [-0.15, -0.1) is 0 Å². The number of rotatable bonds is 3. The van der Waals surface area contributed by atoms with Crippen LogP contribution >= 0.6 is 11.1 Å². The topological polar surface area (TPSA) is 35.5 Å². The van der Waals surface area contributed by atoms with Gasteiger partial charge in [-0.05, 0) is 0 Å². The molecule has 0 aromatic heterocycles. The Bertz CT molecular complexity index is 84.6. The van der Waals surface area contributed by atoms with E-state index < -0.39 is 7.87 Å². The van der Waals surface area contributed by atoms with Crippen molar-refractivity contribution in [1.82, 2.24) is 0 Å². The highest BCUT2D eigenvalue weighted by Gasteiger charge is 2.28. The fourth-order valence-corrected chi connectivity index (χ4v) is 0.511. The number of carbonyl (C=O) groups excluding carboxylic acids is 1. The molecule has 0 aliphatic heterocycles. The molecular formula is C3H7ClO3Si. The highest BCUT2D eigenvalue weighted by atomic mass is 35.6. The van der Waals surface area contributed by atoms with E-state index in [9.17, 15) is 4.79 Å². The summed E-state index contributed by atoms with van der Waals surface area (Å²) in [5, 5.41) is 0. The zero-order valence-corrected chi connectivity index (χ0v) is 6.44. The van der Waals surface area contributed by atoms with Gasteiger partial charge in [-0.1, -0.05) is 11.1 Å². The summed E-state index contributed by atoms with van der Waals surface area (Å²) in [6, 6.07) is 0. The van der Waals surface area contributed by atoms with Gasteiger partial charge in [-0.3, -0.25) is 4.79 Å². The van der Waals surface area contributed by atoms with Gasteiger partial charge in [0, 0.05) is 13.7 Å². The van der Waals surface area contributed by atoms with E-state index in [0.717, 1.165) is 0 Å². The predicted molar refractivity (Wildman–Crippen MR) is 31.6 cm³/mol. The van der Waals surface area contributed by atoms with Gasteiger partial charge in [0.05, 0.1) is 0 Å². The second kappa shape index (κ2) is 3.06. The predicted octanol–water partition coefficient (Wildman–Crippen LogP) is 0.613. The SMILES string of the molecule is CO[Si](C)(Cl)OC=O. The van der Waals surface area contributed by atoms with Crippen molar-refractivity contribution >= 4 is 25.4 Å². The Hall–Kier alpha value is -0.0631. The van der Waals surface area contributed by atoms with Gasteiger partial charge in [-0.25, -0.2) is 0 Å². The summed E-state index contributed by atoms with van der Waals surface area (Å²) < 4.78 is 9.01. The van der Waals surface area contributed by atoms with Crippen molar-refractivity contribution in [2.75, 3.05) is 7.11 Å². The number of carbonyl (C=O) groups is 1. The molecule has 0 aliphatic carbocycles. The molecule has 0 amide bonds. The molecule has 0 N–H and O–H groups in total. The fraction of sp³-hybridized carbons (Fsp3) is 0.667. The average molecular weight is 155 g/mol. The van der Waals surface area contributed by atoms with Crippen molar-refractivity contribution in [2.24, 2.45) is 0 Å². The monoisotopic (exact) mass is 154 g/mol. The van der Waals surface area contributed by atoms with Gasteiger partial charge < -0.3 is 8.85 Å². The van der Waals surface area contributed by atoms with Crippen molar-refractivity contribution in [3.8, 4) is 0 Å². The minimum atomic E-state index is -2.57.